The van der Waals surface area contributed by atoms with Crippen molar-refractivity contribution < 1.29 is 24.2 Å². The molecule has 3 rings (SSSR count). The average Bonchev–Trinajstić information content (AvgIpc) is 3.13. The number of nitrogens with one attached hydrogen (secondary N) is 2. The van der Waals surface area contributed by atoms with Gasteiger partial charge in [-0.25, -0.2) is 9.59 Å². The fourth-order valence-electron chi connectivity index (χ4n) is 4.52. The smallest absolute Gasteiger partial charge is 0.407 e. The second-order valence-electron chi connectivity index (χ2n) is 10.0. The van der Waals surface area contributed by atoms with E-state index >= 15 is 0 Å². The SMILES string of the molecule is CC(C)CCC(NC(=O)OCC1c2ccccc2-c2ccccc21)C(=O)N[C@@H](CC(C)C)C(=O)O. The summed E-state index contributed by atoms with van der Waals surface area (Å²) in [5, 5.41) is 14.8. The maximum atomic E-state index is 12.9. The van der Waals surface area contributed by atoms with Crippen LogP contribution in [0.1, 0.15) is 64.0 Å². The van der Waals surface area contributed by atoms with Crippen LogP contribution >= 0.6 is 0 Å². The van der Waals surface area contributed by atoms with E-state index in [1.165, 1.54) is 0 Å². The van der Waals surface area contributed by atoms with Crippen LogP contribution in [0.2, 0.25) is 0 Å². The van der Waals surface area contributed by atoms with Gasteiger partial charge in [-0.1, -0.05) is 76.2 Å². The van der Waals surface area contributed by atoms with E-state index in [2.05, 4.69) is 22.8 Å². The van der Waals surface area contributed by atoms with Crippen LogP contribution in [0.4, 0.5) is 4.79 Å². The Morgan fingerprint density at radius 1 is 0.829 bits per heavy atom. The highest BCUT2D eigenvalue weighted by Crippen LogP contribution is 2.44. The molecular weight excluding hydrogens is 444 g/mol. The van der Waals surface area contributed by atoms with Gasteiger partial charge in [-0.15, -0.1) is 0 Å². The lowest BCUT2D eigenvalue weighted by molar-refractivity contribution is -0.142. The standard InChI is InChI=1S/C28H36N2O5/c1-17(2)13-14-24(26(31)29-25(27(32)33)15-18(3)4)30-28(34)35-16-23-21-11-7-5-9-19(21)20-10-6-8-12-22(20)23/h5-12,17-18,23-25H,13-16H2,1-4H3,(H,29,31)(H,30,34)(H,32,33)/t24?,25-/m0/s1. The number of amides is 2. The zero-order valence-electron chi connectivity index (χ0n) is 20.9. The van der Waals surface area contributed by atoms with E-state index in [1.807, 2.05) is 64.1 Å². The molecule has 35 heavy (non-hydrogen) atoms. The lowest BCUT2D eigenvalue weighted by atomic mass is 9.98. The van der Waals surface area contributed by atoms with Gasteiger partial charge in [0.2, 0.25) is 5.91 Å². The molecule has 1 aliphatic rings. The van der Waals surface area contributed by atoms with Gasteiger partial charge in [-0.2, -0.15) is 0 Å². The highest BCUT2D eigenvalue weighted by atomic mass is 16.5. The van der Waals surface area contributed by atoms with Crippen LogP contribution in [0.25, 0.3) is 11.1 Å². The molecule has 0 radical (unpaired) electrons. The van der Waals surface area contributed by atoms with Crippen LogP contribution < -0.4 is 10.6 Å². The zero-order valence-corrected chi connectivity index (χ0v) is 20.9. The van der Waals surface area contributed by atoms with Gasteiger partial charge in [-0.05, 0) is 53.4 Å². The maximum Gasteiger partial charge on any atom is 0.407 e. The number of alkyl carbamates (subject to hydrolysis) is 1. The van der Waals surface area contributed by atoms with Crippen molar-refractivity contribution in [1.82, 2.24) is 10.6 Å². The van der Waals surface area contributed by atoms with Gasteiger partial charge in [-0.3, -0.25) is 4.79 Å². The molecule has 0 saturated carbocycles. The Labute approximate surface area is 207 Å². The third-order valence-electron chi connectivity index (χ3n) is 6.31. The van der Waals surface area contributed by atoms with Gasteiger partial charge in [0, 0.05) is 5.92 Å². The number of aliphatic carboxylic acids is 1. The molecule has 0 spiro atoms. The molecule has 0 bridgehead atoms. The molecule has 1 aliphatic carbocycles. The molecule has 0 fully saturated rings. The second kappa shape index (κ2) is 11.9. The first-order valence-electron chi connectivity index (χ1n) is 12.3. The molecule has 0 saturated heterocycles. The van der Waals surface area contributed by atoms with Crippen LogP contribution in [0.5, 0.6) is 0 Å². The Hall–Kier alpha value is -3.35. The van der Waals surface area contributed by atoms with Crippen molar-refractivity contribution in [2.75, 3.05) is 6.61 Å². The van der Waals surface area contributed by atoms with Gasteiger partial charge in [0.05, 0.1) is 0 Å². The van der Waals surface area contributed by atoms with Crippen LogP contribution in [-0.2, 0) is 14.3 Å². The number of hydrogen-bond donors (Lipinski definition) is 3. The molecule has 1 unspecified atom stereocenters. The lowest BCUT2D eigenvalue weighted by Gasteiger charge is -2.23. The largest absolute Gasteiger partial charge is 0.480 e. The molecule has 0 heterocycles. The van der Waals surface area contributed by atoms with E-state index in [-0.39, 0.29) is 18.4 Å². The quantitative estimate of drug-likeness (QED) is 0.422. The van der Waals surface area contributed by atoms with Crippen molar-refractivity contribution in [3.63, 3.8) is 0 Å². The fourth-order valence-corrected chi connectivity index (χ4v) is 4.52. The maximum absolute atomic E-state index is 12.9. The summed E-state index contributed by atoms with van der Waals surface area (Å²) in [4.78, 5) is 37.3. The first-order valence-corrected chi connectivity index (χ1v) is 12.3. The number of carbonyl (C=O) groups excluding carboxylic acids is 2. The van der Waals surface area contributed by atoms with Crippen molar-refractivity contribution in [3.05, 3.63) is 59.7 Å². The summed E-state index contributed by atoms with van der Waals surface area (Å²) in [5.74, 6) is -1.26. The van der Waals surface area contributed by atoms with Crippen molar-refractivity contribution in [1.29, 1.82) is 0 Å². The van der Waals surface area contributed by atoms with E-state index in [9.17, 15) is 19.5 Å². The van der Waals surface area contributed by atoms with Crippen molar-refractivity contribution >= 4 is 18.0 Å². The molecule has 2 atom stereocenters. The Bertz CT molecular complexity index is 1000. The Balaban J connectivity index is 1.67. The van der Waals surface area contributed by atoms with Crippen molar-refractivity contribution in [2.24, 2.45) is 11.8 Å². The summed E-state index contributed by atoms with van der Waals surface area (Å²) in [6, 6.07) is 14.3. The van der Waals surface area contributed by atoms with Gasteiger partial charge in [0.1, 0.15) is 18.7 Å². The summed E-state index contributed by atoms with van der Waals surface area (Å²) in [6.07, 6.45) is 0.709. The number of benzene rings is 2. The number of hydrogen-bond acceptors (Lipinski definition) is 4. The molecule has 2 aromatic carbocycles. The molecule has 2 aromatic rings. The third-order valence-corrected chi connectivity index (χ3v) is 6.31. The van der Waals surface area contributed by atoms with Crippen molar-refractivity contribution in [2.45, 2.75) is 65.0 Å². The monoisotopic (exact) mass is 480 g/mol. The Kier molecular flexibility index (Phi) is 8.90. The summed E-state index contributed by atoms with van der Waals surface area (Å²) >= 11 is 0. The molecule has 0 aliphatic heterocycles. The number of carbonyl (C=O) groups is 3. The minimum Gasteiger partial charge on any atom is -0.480 e. The van der Waals surface area contributed by atoms with E-state index in [0.29, 0.717) is 25.2 Å². The molecule has 188 valence electrons. The number of carboxylic acids is 1. The van der Waals surface area contributed by atoms with Crippen LogP contribution in [0.15, 0.2) is 48.5 Å². The third kappa shape index (κ3) is 6.84. The van der Waals surface area contributed by atoms with E-state index in [0.717, 1.165) is 22.3 Å². The summed E-state index contributed by atoms with van der Waals surface area (Å²) < 4.78 is 5.60. The molecule has 7 nitrogen and oxygen atoms in total. The van der Waals surface area contributed by atoms with Gasteiger partial charge in [0.25, 0.3) is 0 Å². The molecule has 7 heteroatoms. The Morgan fingerprint density at radius 2 is 1.40 bits per heavy atom. The van der Waals surface area contributed by atoms with Gasteiger partial charge >= 0.3 is 12.1 Å². The summed E-state index contributed by atoms with van der Waals surface area (Å²) in [7, 11) is 0. The number of ether oxygens (including phenoxy) is 1. The second-order valence-corrected chi connectivity index (χ2v) is 10.0. The molecular formula is C28H36N2O5. The van der Waals surface area contributed by atoms with Crippen LogP contribution in [0, 0.1) is 11.8 Å². The van der Waals surface area contributed by atoms with Gasteiger partial charge < -0.3 is 20.5 Å². The first kappa shape index (κ1) is 26.3. The highest BCUT2D eigenvalue weighted by molar-refractivity contribution is 5.89. The first-order chi connectivity index (χ1) is 16.7. The Morgan fingerprint density at radius 3 is 1.91 bits per heavy atom. The molecule has 3 N–H and O–H groups in total. The molecule has 0 aromatic heterocycles. The number of fused-ring (bicyclic) bond motifs is 3. The van der Waals surface area contributed by atoms with Crippen molar-refractivity contribution in [3.8, 4) is 11.1 Å². The zero-order chi connectivity index (χ0) is 25.5. The predicted octanol–water partition coefficient (Wildman–Crippen LogP) is 4.95. The van der Waals surface area contributed by atoms with Crippen LogP contribution in [0.3, 0.4) is 0 Å². The van der Waals surface area contributed by atoms with E-state index in [4.69, 9.17) is 4.74 Å². The topological polar surface area (TPSA) is 105 Å². The minimum absolute atomic E-state index is 0.0847. The van der Waals surface area contributed by atoms with E-state index < -0.39 is 30.1 Å². The minimum atomic E-state index is -1.09. The predicted molar refractivity (Wildman–Crippen MR) is 135 cm³/mol. The lowest BCUT2D eigenvalue weighted by Crippen LogP contribution is -2.52. The summed E-state index contributed by atoms with van der Waals surface area (Å²) in [5.41, 5.74) is 4.48. The average molecular weight is 481 g/mol. The molecule has 2 amide bonds. The van der Waals surface area contributed by atoms with Crippen LogP contribution in [-0.4, -0.2) is 41.8 Å². The normalized spacial score (nSPS) is 14.2. The highest BCUT2D eigenvalue weighted by Gasteiger charge is 2.31. The van der Waals surface area contributed by atoms with E-state index in [1.54, 1.807) is 0 Å². The number of carboxylic acid groups (broad SMARTS) is 1. The summed E-state index contributed by atoms with van der Waals surface area (Å²) in [6.45, 7) is 7.99. The van der Waals surface area contributed by atoms with Gasteiger partial charge in [0.15, 0.2) is 0 Å². The number of rotatable bonds is 11. The fraction of sp³-hybridized carbons (Fsp3) is 0.464.